The molecule has 0 spiro atoms. The van der Waals surface area contributed by atoms with E-state index >= 15 is 0 Å². The van der Waals surface area contributed by atoms with Gasteiger partial charge in [0.1, 0.15) is 22.9 Å². The summed E-state index contributed by atoms with van der Waals surface area (Å²) in [5, 5.41) is 4.72. The van der Waals surface area contributed by atoms with Crippen molar-refractivity contribution in [3.05, 3.63) is 71.0 Å². The lowest BCUT2D eigenvalue weighted by Crippen LogP contribution is -2.46. The van der Waals surface area contributed by atoms with E-state index in [1.165, 1.54) is 22.9 Å². The van der Waals surface area contributed by atoms with E-state index in [-0.39, 0.29) is 34.7 Å². The summed E-state index contributed by atoms with van der Waals surface area (Å²) in [5.74, 6) is -1.24. The summed E-state index contributed by atoms with van der Waals surface area (Å²) in [6, 6.07) is 7.10. The molecule has 1 aliphatic rings. The molecule has 0 aliphatic carbocycles. The molecule has 0 saturated carbocycles. The van der Waals surface area contributed by atoms with E-state index in [2.05, 4.69) is 14.9 Å². The Hall–Kier alpha value is -4.10. The molecule has 8 nitrogen and oxygen atoms in total. The van der Waals surface area contributed by atoms with Crippen LogP contribution in [-0.4, -0.2) is 49.3 Å². The average Bonchev–Trinajstić information content (AvgIpc) is 3.38. The summed E-state index contributed by atoms with van der Waals surface area (Å²) in [6.07, 6.45) is 3.34. The predicted octanol–water partition coefficient (Wildman–Crippen LogP) is 4.13. The van der Waals surface area contributed by atoms with Crippen LogP contribution in [0.5, 0.6) is 0 Å². The molecule has 2 N–H and O–H groups in total. The molecule has 1 saturated heterocycles. The Morgan fingerprint density at radius 3 is 2.74 bits per heavy atom. The van der Waals surface area contributed by atoms with Crippen LogP contribution in [0.4, 0.5) is 14.5 Å². The topological polar surface area (TPSA) is 86.3 Å². The Kier molecular flexibility index (Phi) is 5.57. The highest BCUT2D eigenvalue weighted by atomic mass is 19.1. The second kappa shape index (κ2) is 8.60. The van der Waals surface area contributed by atoms with Crippen LogP contribution < -0.4 is 5.73 Å². The van der Waals surface area contributed by atoms with Gasteiger partial charge in [-0.15, -0.1) is 0 Å². The number of carbonyl (C=O) groups excluding carboxylic acids is 1. The molecular weight excluding hydrogens is 452 g/mol. The zero-order valence-electron chi connectivity index (χ0n) is 19.3. The first-order chi connectivity index (χ1) is 16.8. The molecule has 3 heterocycles. The zero-order chi connectivity index (χ0) is 24.9. The smallest absolute Gasteiger partial charge is 0.274 e. The van der Waals surface area contributed by atoms with Crippen molar-refractivity contribution in [3.63, 3.8) is 0 Å². The van der Waals surface area contributed by atoms with Crippen LogP contribution in [0, 0.1) is 25.1 Å². The number of nitrogens with zero attached hydrogens (tertiary/aromatic N) is 6. The Balaban J connectivity index is 1.71. The number of amides is 1. The Bertz CT molecular complexity index is 1510. The van der Waals surface area contributed by atoms with Gasteiger partial charge in [0.25, 0.3) is 5.91 Å². The van der Waals surface area contributed by atoms with E-state index in [0.717, 1.165) is 12.8 Å². The van der Waals surface area contributed by atoms with Gasteiger partial charge in [0.15, 0.2) is 5.82 Å². The standard InChI is InChI=1S/C25H23F2N7O/c1-14-22(25(35)33-8-4-5-17(28)13-33)30-24(15-6-7-21(29-2)19(26)10-15)34(14)18-9-16-12-32(3)31-23(16)20(27)11-18/h6-7,9-12,17H,4-5,8,13,28H2,1,3H3/t17-/m1/s1. The molecule has 178 valence electrons. The highest BCUT2D eigenvalue weighted by Gasteiger charge is 2.29. The number of hydrogen-bond acceptors (Lipinski definition) is 4. The third-order valence-electron chi connectivity index (χ3n) is 6.30. The fourth-order valence-electron chi connectivity index (χ4n) is 4.62. The molecule has 0 bridgehead atoms. The van der Waals surface area contributed by atoms with E-state index < -0.39 is 11.6 Å². The first-order valence-corrected chi connectivity index (χ1v) is 11.2. The number of halogens is 2. The van der Waals surface area contributed by atoms with Crippen molar-refractivity contribution in [2.45, 2.75) is 25.8 Å². The molecule has 1 fully saturated rings. The maximum absolute atomic E-state index is 15.0. The third-order valence-corrected chi connectivity index (χ3v) is 6.30. The molecule has 10 heteroatoms. The van der Waals surface area contributed by atoms with Crippen molar-refractivity contribution in [1.82, 2.24) is 24.2 Å². The highest BCUT2D eigenvalue weighted by molar-refractivity contribution is 5.95. The molecule has 35 heavy (non-hydrogen) atoms. The van der Waals surface area contributed by atoms with Crippen LogP contribution >= 0.6 is 0 Å². The summed E-state index contributed by atoms with van der Waals surface area (Å²) in [6.45, 7) is 9.83. The van der Waals surface area contributed by atoms with Crippen LogP contribution in [0.15, 0.2) is 36.5 Å². The molecule has 2 aromatic carbocycles. The molecule has 0 radical (unpaired) electrons. The first kappa shape index (κ1) is 22.7. The lowest BCUT2D eigenvalue weighted by Gasteiger charge is -2.30. The number of fused-ring (bicyclic) bond motifs is 1. The maximum Gasteiger partial charge on any atom is 0.274 e. The van der Waals surface area contributed by atoms with Gasteiger partial charge in [0.2, 0.25) is 5.69 Å². The van der Waals surface area contributed by atoms with Crippen LogP contribution in [-0.2, 0) is 7.05 Å². The van der Waals surface area contributed by atoms with E-state index in [1.54, 1.807) is 41.8 Å². The molecule has 4 aromatic rings. The van der Waals surface area contributed by atoms with Crippen molar-refractivity contribution in [1.29, 1.82) is 0 Å². The van der Waals surface area contributed by atoms with E-state index in [1.807, 2.05) is 0 Å². The van der Waals surface area contributed by atoms with Crippen LogP contribution in [0.25, 0.3) is 32.8 Å². The number of imidazole rings is 1. The third kappa shape index (κ3) is 3.94. The molecule has 1 aliphatic heterocycles. The van der Waals surface area contributed by atoms with Gasteiger partial charge in [-0.2, -0.15) is 5.10 Å². The second-order valence-corrected chi connectivity index (χ2v) is 8.80. The molecule has 5 rings (SSSR count). The van der Waals surface area contributed by atoms with Gasteiger partial charge in [0.05, 0.1) is 18.0 Å². The van der Waals surface area contributed by atoms with Gasteiger partial charge in [0, 0.05) is 49.4 Å². The van der Waals surface area contributed by atoms with Crippen LogP contribution in [0.1, 0.15) is 29.0 Å². The minimum Gasteiger partial charge on any atom is -0.336 e. The second-order valence-electron chi connectivity index (χ2n) is 8.80. The molecule has 2 aromatic heterocycles. The van der Waals surface area contributed by atoms with Crippen molar-refractivity contribution < 1.29 is 13.6 Å². The number of benzene rings is 2. The Morgan fingerprint density at radius 2 is 2.03 bits per heavy atom. The minimum atomic E-state index is -0.700. The lowest BCUT2D eigenvalue weighted by molar-refractivity contribution is 0.0702. The number of likely N-dealkylation sites (tertiary alicyclic amines) is 1. The summed E-state index contributed by atoms with van der Waals surface area (Å²) < 4.78 is 32.7. The summed E-state index contributed by atoms with van der Waals surface area (Å²) >= 11 is 0. The lowest BCUT2D eigenvalue weighted by atomic mass is 10.1. The van der Waals surface area contributed by atoms with Gasteiger partial charge in [-0.25, -0.2) is 18.6 Å². The zero-order valence-corrected chi connectivity index (χ0v) is 19.3. The molecule has 1 amide bonds. The number of carbonyl (C=O) groups is 1. The SMILES string of the molecule is [C-]#[N+]c1ccc(-c2nc(C(=O)N3CCC[C@@H](N)C3)c(C)n2-c2cc(F)c3nn(C)cc3c2)cc1F. The highest BCUT2D eigenvalue weighted by Crippen LogP contribution is 2.32. The quantitative estimate of drug-likeness (QED) is 0.452. The number of aromatic nitrogens is 4. The van der Waals surface area contributed by atoms with Crippen molar-refractivity contribution >= 4 is 22.5 Å². The predicted molar refractivity (Wildman–Crippen MR) is 127 cm³/mol. The van der Waals surface area contributed by atoms with E-state index in [0.29, 0.717) is 35.4 Å². The van der Waals surface area contributed by atoms with Crippen molar-refractivity contribution in [3.8, 4) is 17.1 Å². The van der Waals surface area contributed by atoms with Gasteiger partial charge >= 0.3 is 0 Å². The van der Waals surface area contributed by atoms with Crippen LogP contribution in [0.2, 0.25) is 0 Å². The molecular formula is C25H23F2N7O. The van der Waals surface area contributed by atoms with Gasteiger partial charge in [-0.3, -0.25) is 14.0 Å². The number of rotatable bonds is 3. The van der Waals surface area contributed by atoms with Crippen molar-refractivity contribution in [2.24, 2.45) is 12.8 Å². The van der Waals surface area contributed by atoms with Gasteiger partial charge in [-0.1, -0.05) is 12.1 Å². The van der Waals surface area contributed by atoms with Crippen molar-refractivity contribution in [2.75, 3.05) is 13.1 Å². The summed E-state index contributed by atoms with van der Waals surface area (Å²) in [7, 11) is 1.70. The summed E-state index contributed by atoms with van der Waals surface area (Å²) in [5.41, 5.74) is 7.64. The maximum atomic E-state index is 15.0. The largest absolute Gasteiger partial charge is 0.336 e. The molecule has 0 unspecified atom stereocenters. The fraction of sp³-hybridized carbons (Fsp3) is 0.280. The Morgan fingerprint density at radius 1 is 1.23 bits per heavy atom. The van der Waals surface area contributed by atoms with E-state index in [4.69, 9.17) is 12.3 Å². The minimum absolute atomic E-state index is 0.105. The van der Waals surface area contributed by atoms with Gasteiger partial charge < -0.3 is 10.6 Å². The number of nitrogens with two attached hydrogens (primary N) is 1. The normalized spacial score (nSPS) is 16.0. The average molecular weight is 476 g/mol. The Labute approximate surface area is 200 Å². The molecule has 1 atom stereocenters. The van der Waals surface area contributed by atoms with Gasteiger partial charge in [-0.05, 0) is 31.9 Å². The monoisotopic (exact) mass is 475 g/mol. The van der Waals surface area contributed by atoms with E-state index in [9.17, 15) is 13.6 Å². The number of piperidine rings is 1. The summed E-state index contributed by atoms with van der Waals surface area (Å²) in [4.78, 5) is 22.9. The fourth-order valence-corrected chi connectivity index (χ4v) is 4.62. The number of aryl methyl sites for hydroxylation is 1. The number of hydrogen-bond donors (Lipinski definition) is 1. The first-order valence-electron chi connectivity index (χ1n) is 11.2. The van der Waals surface area contributed by atoms with Crippen LogP contribution in [0.3, 0.4) is 0 Å².